The largest absolute Gasteiger partial charge is 0.490 e. The molecule has 1 aliphatic rings. The first-order valence-electron chi connectivity index (χ1n) is 7.07. The molecule has 110 valence electrons. The Balaban J connectivity index is 1.92. The van der Waals surface area contributed by atoms with Gasteiger partial charge in [-0.25, -0.2) is 0 Å². The van der Waals surface area contributed by atoms with Crippen molar-refractivity contribution in [2.75, 3.05) is 32.8 Å². The van der Waals surface area contributed by atoms with Crippen LogP contribution < -0.4 is 14.8 Å². The van der Waals surface area contributed by atoms with E-state index in [0.717, 1.165) is 19.6 Å². The highest BCUT2D eigenvalue weighted by atomic mass is 16.5. The minimum Gasteiger partial charge on any atom is -0.490 e. The molecule has 0 spiro atoms. The number of carbonyl (C=O) groups excluding carboxylic acids is 1. The van der Waals surface area contributed by atoms with Crippen molar-refractivity contribution < 1.29 is 14.3 Å². The van der Waals surface area contributed by atoms with Crippen molar-refractivity contribution >= 4 is 5.91 Å². The Morgan fingerprint density at radius 2 is 2.05 bits per heavy atom. The SMILES string of the molecule is CCOc1ccccc1OCC(=O)N1CCNCC1C. The summed E-state index contributed by atoms with van der Waals surface area (Å²) < 4.78 is 11.1. The minimum atomic E-state index is 0.0188. The molecule has 1 unspecified atom stereocenters. The standard InChI is InChI=1S/C15H22N2O3/c1-3-19-13-6-4-5-7-14(13)20-11-15(18)17-9-8-16-10-12(17)2/h4-7,12,16H,3,8-11H2,1-2H3. The summed E-state index contributed by atoms with van der Waals surface area (Å²) in [7, 11) is 0. The van der Waals surface area contributed by atoms with E-state index >= 15 is 0 Å². The number of ether oxygens (including phenoxy) is 2. The maximum absolute atomic E-state index is 12.2. The quantitative estimate of drug-likeness (QED) is 0.881. The van der Waals surface area contributed by atoms with Crippen LogP contribution in [-0.2, 0) is 4.79 Å². The third-order valence-corrected chi connectivity index (χ3v) is 3.32. The zero-order chi connectivity index (χ0) is 14.4. The molecule has 1 fully saturated rings. The Morgan fingerprint density at radius 1 is 1.35 bits per heavy atom. The topological polar surface area (TPSA) is 50.8 Å². The van der Waals surface area contributed by atoms with E-state index in [-0.39, 0.29) is 18.6 Å². The molecule has 1 atom stereocenters. The van der Waals surface area contributed by atoms with Gasteiger partial charge in [0.15, 0.2) is 18.1 Å². The van der Waals surface area contributed by atoms with Gasteiger partial charge in [-0.2, -0.15) is 0 Å². The first kappa shape index (κ1) is 14.7. The van der Waals surface area contributed by atoms with Gasteiger partial charge >= 0.3 is 0 Å². The van der Waals surface area contributed by atoms with Gasteiger partial charge < -0.3 is 19.7 Å². The van der Waals surface area contributed by atoms with E-state index in [9.17, 15) is 4.79 Å². The highest BCUT2D eigenvalue weighted by Gasteiger charge is 2.23. The van der Waals surface area contributed by atoms with Crippen molar-refractivity contribution in [2.45, 2.75) is 19.9 Å². The zero-order valence-corrected chi connectivity index (χ0v) is 12.1. The Bertz CT molecular complexity index is 450. The van der Waals surface area contributed by atoms with Crippen molar-refractivity contribution in [3.8, 4) is 11.5 Å². The number of piperazine rings is 1. The van der Waals surface area contributed by atoms with Gasteiger partial charge in [0, 0.05) is 25.7 Å². The molecule has 0 saturated carbocycles. The Morgan fingerprint density at radius 3 is 2.70 bits per heavy atom. The second-order valence-corrected chi connectivity index (χ2v) is 4.81. The molecular formula is C15H22N2O3. The molecule has 5 nitrogen and oxygen atoms in total. The molecule has 20 heavy (non-hydrogen) atoms. The Hall–Kier alpha value is -1.75. The summed E-state index contributed by atoms with van der Waals surface area (Å²) in [6.07, 6.45) is 0. The fourth-order valence-corrected chi connectivity index (χ4v) is 2.28. The first-order chi connectivity index (χ1) is 9.72. The fourth-order valence-electron chi connectivity index (χ4n) is 2.28. The van der Waals surface area contributed by atoms with Crippen molar-refractivity contribution in [2.24, 2.45) is 0 Å². The summed E-state index contributed by atoms with van der Waals surface area (Å²) >= 11 is 0. The lowest BCUT2D eigenvalue weighted by Crippen LogP contribution is -2.53. The van der Waals surface area contributed by atoms with E-state index in [2.05, 4.69) is 5.32 Å². The van der Waals surface area contributed by atoms with Gasteiger partial charge in [0.1, 0.15) is 0 Å². The number of nitrogens with zero attached hydrogens (tertiary/aromatic N) is 1. The monoisotopic (exact) mass is 278 g/mol. The molecule has 1 N–H and O–H groups in total. The number of benzene rings is 1. The predicted molar refractivity (Wildman–Crippen MR) is 77.2 cm³/mol. The van der Waals surface area contributed by atoms with Gasteiger partial charge in [-0.15, -0.1) is 0 Å². The highest BCUT2D eigenvalue weighted by molar-refractivity contribution is 5.78. The second kappa shape index (κ2) is 7.14. The van der Waals surface area contributed by atoms with Crippen LogP contribution in [0.5, 0.6) is 11.5 Å². The Kier molecular flexibility index (Phi) is 5.24. The molecule has 1 aliphatic heterocycles. The third-order valence-electron chi connectivity index (χ3n) is 3.32. The van der Waals surface area contributed by atoms with Gasteiger partial charge in [-0.05, 0) is 26.0 Å². The molecule has 1 aromatic rings. The molecule has 0 aliphatic carbocycles. The molecule has 5 heteroatoms. The number of para-hydroxylation sites is 2. The number of hydrogen-bond acceptors (Lipinski definition) is 4. The molecule has 1 heterocycles. The molecule has 1 amide bonds. The van der Waals surface area contributed by atoms with E-state index in [1.54, 1.807) is 0 Å². The normalized spacial score (nSPS) is 18.7. The van der Waals surface area contributed by atoms with Crippen molar-refractivity contribution in [1.29, 1.82) is 0 Å². The molecule has 1 aromatic carbocycles. The lowest BCUT2D eigenvalue weighted by molar-refractivity contribution is -0.136. The molecule has 2 rings (SSSR count). The van der Waals surface area contributed by atoms with Crippen molar-refractivity contribution in [3.05, 3.63) is 24.3 Å². The lowest BCUT2D eigenvalue weighted by Gasteiger charge is -2.33. The summed E-state index contributed by atoms with van der Waals surface area (Å²) in [6, 6.07) is 7.63. The average Bonchev–Trinajstić information content (AvgIpc) is 2.47. The predicted octanol–water partition coefficient (Wildman–Crippen LogP) is 1.28. The van der Waals surface area contributed by atoms with E-state index in [1.807, 2.05) is 43.0 Å². The number of rotatable bonds is 5. The third kappa shape index (κ3) is 3.63. The number of carbonyl (C=O) groups is 1. The molecular weight excluding hydrogens is 256 g/mol. The van der Waals surface area contributed by atoms with Gasteiger partial charge in [0.2, 0.25) is 0 Å². The van der Waals surface area contributed by atoms with E-state index in [0.29, 0.717) is 18.1 Å². The number of hydrogen-bond donors (Lipinski definition) is 1. The zero-order valence-electron chi connectivity index (χ0n) is 12.1. The van der Waals surface area contributed by atoms with Crippen LogP contribution in [0.25, 0.3) is 0 Å². The lowest BCUT2D eigenvalue weighted by atomic mass is 10.2. The van der Waals surface area contributed by atoms with E-state index in [4.69, 9.17) is 9.47 Å². The number of nitrogens with one attached hydrogen (secondary N) is 1. The van der Waals surface area contributed by atoms with E-state index < -0.39 is 0 Å². The van der Waals surface area contributed by atoms with Crippen LogP contribution in [0.2, 0.25) is 0 Å². The molecule has 0 radical (unpaired) electrons. The maximum atomic E-state index is 12.2. The first-order valence-corrected chi connectivity index (χ1v) is 7.07. The molecule has 1 saturated heterocycles. The summed E-state index contributed by atoms with van der Waals surface area (Å²) in [4.78, 5) is 14.0. The number of amides is 1. The highest BCUT2D eigenvalue weighted by Crippen LogP contribution is 2.26. The maximum Gasteiger partial charge on any atom is 0.260 e. The van der Waals surface area contributed by atoms with Crippen LogP contribution in [0.4, 0.5) is 0 Å². The summed E-state index contributed by atoms with van der Waals surface area (Å²) in [5, 5.41) is 3.26. The fraction of sp³-hybridized carbons (Fsp3) is 0.533. The smallest absolute Gasteiger partial charge is 0.260 e. The van der Waals surface area contributed by atoms with Crippen LogP contribution in [-0.4, -0.2) is 49.7 Å². The molecule has 0 bridgehead atoms. The van der Waals surface area contributed by atoms with E-state index in [1.165, 1.54) is 0 Å². The van der Waals surface area contributed by atoms with Crippen LogP contribution in [0, 0.1) is 0 Å². The van der Waals surface area contributed by atoms with Gasteiger partial charge in [-0.1, -0.05) is 12.1 Å². The van der Waals surface area contributed by atoms with Gasteiger partial charge in [-0.3, -0.25) is 4.79 Å². The van der Waals surface area contributed by atoms with Gasteiger partial charge in [0.05, 0.1) is 6.61 Å². The van der Waals surface area contributed by atoms with Crippen LogP contribution >= 0.6 is 0 Å². The van der Waals surface area contributed by atoms with Crippen LogP contribution in [0.15, 0.2) is 24.3 Å². The average molecular weight is 278 g/mol. The summed E-state index contributed by atoms with van der Waals surface area (Å²) in [6.45, 7) is 6.99. The van der Waals surface area contributed by atoms with Crippen LogP contribution in [0.1, 0.15) is 13.8 Å². The van der Waals surface area contributed by atoms with Gasteiger partial charge in [0.25, 0.3) is 5.91 Å². The minimum absolute atomic E-state index is 0.0188. The summed E-state index contributed by atoms with van der Waals surface area (Å²) in [5.41, 5.74) is 0. The summed E-state index contributed by atoms with van der Waals surface area (Å²) in [5.74, 6) is 1.31. The molecule has 0 aromatic heterocycles. The van der Waals surface area contributed by atoms with Crippen molar-refractivity contribution in [3.63, 3.8) is 0 Å². The Labute approximate surface area is 119 Å². The van der Waals surface area contributed by atoms with Crippen LogP contribution in [0.3, 0.4) is 0 Å². The second-order valence-electron chi connectivity index (χ2n) is 4.81. The van der Waals surface area contributed by atoms with Crippen molar-refractivity contribution in [1.82, 2.24) is 10.2 Å².